The van der Waals surface area contributed by atoms with Gasteiger partial charge in [0.2, 0.25) is 5.91 Å². The van der Waals surface area contributed by atoms with Crippen LogP contribution in [0.2, 0.25) is 0 Å². The summed E-state index contributed by atoms with van der Waals surface area (Å²) in [6.45, 7) is 6.04. The maximum Gasteiger partial charge on any atom is 0.239 e. The molecule has 0 radical (unpaired) electrons. The maximum atomic E-state index is 12.1. The first-order chi connectivity index (χ1) is 9.18. The molecule has 0 bridgehead atoms. The second-order valence-electron chi connectivity index (χ2n) is 5.08. The van der Waals surface area contributed by atoms with Crippen LogP contribution in [0.5, 0.6) is 0 Å². The van der Waals surface area contributed by atoms with Crippen LogP contribution in [0.4, 0.5) is 0 Å². The van der Waals surface area contributed by atoms with Gasteiger partial charge in [-0.25, -0.2) is 0 Å². The van der Waals surface area contributed by atoms with E-state index in [9.17, 15) is 4.79 Å². The van der Waals surface area contributed by atoms with Crippen LogP contribution in [0.25, 0.3) is 0 Å². The van der Waals surface area contributed by atoms with E-state index in [0.29, 0.717) is 13.2 Å². The Morgan fingerprint density at radius 3 is 2.65 bits per heavy atom. The molecule has 20 heavy (non-hydrogen) atoms. The molecular weight excluding hydrogens is 276 g/mol. The van der Waals surface area contributed by atoms with E-state index in [1.54, 1.807) is 0 Å². The molecule has 2 N–H and O–H groups in total. The monoisotopic (exact) mass is 298 g/mol. The average Bonchev–Trinajstić information content (AvgIpc) is 2.48. The minimum Gasteiger partial charge on any atom is -0.378 e. The molecule has 1 heterocycles. The topological polar surface area (TPSA) is 50.4 Å². The van der Waals surface area contributed by atoms with Crippen molar-refractivity contribution in [2.75, 3.05) is 19.8 Å². The standard InChI is InChI=1S/C15H22N2O2.ClH/c1-11(13-6-4-3-5-7-13)12(2)17-15(18)14-10-19-9-8-16-14;/h3-7,11-12,14,16H,8-10H2,1-2H3,(H,17,18);1H. The Morgan fingerprint density at radius 1 is 1.35 bits per heavy atom. The molecule has 1 aromatic carbocycles. The maximum absolute atomic E-state index is 12.1. The summed E-state index contributed by atoms with van der Waals surface area (Å²) in [5, 5.41) is 6.23. The van der Waals surface area contributed by atoms with Gasteiger partial charge in [0.25, 0.3) is 0 Å². The number of carbonyl (C=O) groups is 1. The Bertz CT molecular complexity index is 408. The number of carbonyl (C=O) groups excluding carboxylic acids is 1. The number of rotatable bonds is 4. The SMILES string of the molecule is CC(NC(=O)C1COCCN1)C(C)c1ccccc1.Cl. The normalized spacial score (nSPS) is 21.4. The summed E-state index contributed by atoms with van der Waals surface area (Å²) in [6.07, 6.45) is 0. The highest BCUT2D eigenvalue weighted by atomic mass is 35.5. The lowest BCUT2D eigenvalue weighted by atomic mass is 9.94. The summed E-state index contributed by atoms with van der Waals surface area (Å²) < 4.78 is 5.31. The molecule has 1 amide bonds. The number of halogens is 1. The molecule has 0 spiro atoms. The molecular formula is C15H23ClN2O2. The molecule has 1 saturated heterocycles. The first-order valence-corrected chi connectivity index (χ1v) is 6.85. The third-order valence-corrected chi connectivity index (χ3v) is 3.68. The summed E-state index contributed by atoms with van der Waals surface area (Å²) in [6, 6.07) is 10.1. The molecule has 1 aromatic rings. The Kier molecular flexibility index (Phi) is 6.99. The lowest BCUT2D eigenvalue weighted by Gasteiger charge is -2.27. The van der Waals surface area contributed by atoms with Gasteiger partial charge in [0.05, 0.1) is 13.2 Å². The molecule has 3 unspecified atom stereocenters. The van der Waals surface area contributed by atoms with Gasteiger partial charge in [0.15, 0.2) is 0 Å². The number of nitrogens with one attached hydrogen (secondary N) is 2. The Balaban J connectivity index is 0.00000200. The predicted octanol–water partition coefficient (Wildman–Crippen LogP) is 1.70. The number of hydrogen-bond donors (Lipinski definition) is 2. The van der Waals surface area contributed by atoms with Crippen molar-refractivity contribution in [3.63, 3.8) is 0 Å². The fourth-order valence-corrected chi connectivity index (χ4v) is 2.23. The van der Waals surface area contributed by atoms with Gasteiger partial charge < -0.3 is 15.4 Å². The summed E-state index contributed by atoms with van der Waals surface area (Å²) in [5.41, 5.74) is 1.24. The number of benzene rings is 1. The zero-order valence-electron chi connectivity index (χ0n) is 12.0. The van der Waals surface area contributed by atoms with E-state index in [-0.39, 0.29) is 36.3 Å². The molecule has 1 fully saturated rings. The third-order valence-electron chi connectivity index (χ3n) is 3.68. The molecule has 5 heteroatoms. The van der Waals surface area contributed by atoms with Crippen molar-refractivity contribution in [1.82, 2.24) is 10.6 Å². The number of morpholine rings is 1. The van der Waals surface area contributed by atoms with Crippen LogP contribution in [-0.2, 0) is 9.53 Å². The number of hydrogen-bond acceptors (Lipinski definition) is 3. The van der Waals surface area contributed by atoms with Crippen LogP contribution in [0.1, 0.15) is 25.3 Å². The first kappa shape index (κ1) is 17.0. The fraction of sp³-hybridized carbons (Fsp3) is 0.533. The minimum absolute atomic E-state index is 0. The third kappa shape index (κ3) is 4.47. The quantitative estimate of drug-likeness (QED) is 0.890. The molecule has 0 aromatic heterocycles. The van der Waals surface area contributed by atoms with Crippen molar-refractivity contribution >= 4 is 18.3 Å². The van der Waals surface area contributed by atoms with Crippen molar-refractivity contribution in [3.8, 4) is 0 Å². The van der Waals surface area contributed by atoms with Gasteiger partial charge >= 0.3 is 0 Å². The van der Waals surface area contributed by atoms with Crippen molar-refractivity contribution in [2.24, 2.45) is 0 Å². The second kappa shape index (κ2) is 8.25. The van der Waals surface area contributed by atoms with Gasteiger partial charge in [0.1, 0.15) is 6.04 Å². The molecule has 2 rings (SSSR count). The average molecular weight is 299 g/mol. The number of amides is 1. The summed E-state index contributed by atoms with van der Waals surface area (Å²) in [4.78, 5) is 12.1. The second-order valence-corrected chi connectivity index (χ2v) is 5.08. The smallest absolute Gasteiger partial charge is 0.239 e. The minimum atomic E-state index is -0.223. The lowest BCUT2D eigenvalue weighted by Crippen LogP contribution is -2.53. The Morgan fingerprint density at radius 2 is 2.05 bits per heavy atom. The van der Waals surface area contributed by atoms with Gasteiger partial charge in [-0.15, -0.1) is 12.4 Å². The van der Waals surface area contributed by atoms with E-state index in [2.05, 4.69) is 29.7 Å². The molecule has 0 saturated carbocycles. The van der Waals surface area contributed by atoms with E-state index >= 15 is 0 Å². The van der Waals surface area contributed by atoms with Crippen LogP contribution < -0.4 is 10.6 Å². The van der Waals surface area contributed by atoms with E-state index in [1.807, 2.05) is 25.1 Å². The highest BCUT2D eigenvalue weighted by Crippen LogP contribution is 2.18. The first-order valence-electron chi connectivity index (χ1n) is 6.85. The van der Waals surface area contributed by atoms with Crippen LogP contribution in [0.15, 0.2) is 30.3 Å². The fourth-order valence-electron chi connectivity index (χ4n) is 2.23. The molecule has 1 aliphatic heterocycles. The highest BCUT2D eigenvalue weighted by Gasteiger charge is 2.24. The lowest BCUT2D eigenvalue weighted by molar-refractivity contribution is -0.126. The zero-order valence-corrected chi connectivity index (χ0v) is 12.8. The van der Waals surface area contributed by atoms with Gasteiger partial charge in [0, 0.05) is 18.5 Å². The van der Waals surface area contributed by atoms with Crippen LogP contribution in [-0.4, -0.2) is 37.7 Å². The van der Waals surface area contributed by atoms with Gasteiger partial charge in [-0.05, 0) is 12.5 Å². The van der Waals surface area contributed by atoms with Crippen LogP contribution in [0, 0.1) is 0 Å². The summed E-state index contributed by atoms with van der Waals surface area (Å²) in [7, 11) is 0. The summed E-state index contributed by atoms with van der Waals surface area (Å²) in [5.74, 6) is 0.310. The highest BCUT2D eigenvalue weighted by molar-refractivity contribution is 5.85. The predicted molar refractivity (Wildman–Crippen MR) is 82.3 cm³/mol. The van der Waals surface area contributed by atoms with E-state index in [4.69, 9.17) is 4.74 Å². The molecule has 4 nitrogen and oxygen atoms in total. The summed E-state index contributed by atoms with van der Waals surface area (Å²) >= 11 is 0. The van der Waals surface area contributed by atoms with E-state index in [1.165, 1.54) is 5.56 Å². The van der Waals surface area contributed by atoms with Crippen molar-refractivity contribution in [3.05, 3.63) is 35.9 Å². The number of ether oxygens (including phenoxy) is 1. The molecule has 3 atom stereocenters. The van der Waals surface area contributed by atoms with Gasteiger partial charge in [-0.3, -0.25) is 4.79 Å². The van der Waals surface area contributed by atoms with E-state index < -0.39 is 0 Å². The van der Waals surface area contributed by atoms with E-state index in [0.717, 1.165) is 6.54 Å². The molecule has 112 valence electrons. The van der Waals surface area contributed by atoms with Crippen LogP contribution in [0.3, 0.4) is 0 Å². The van der Waals surface area contributed by atoms with Crippen molar-refractivity contribution in [1.29, 1.82) is 0 Å². The largest absolute Gasteiger partial charge is 0.378 e. The Labute approximate surface area is 126 Å². The Hall–Kier alpha value is -1.10. The van der Waals surface area contributed by atoms with Crippen LogP contribution >= 0.6 is 12.4 Å². The van der Waals surface area contributed by atoms with Crippen molar-refractivity contribution < 1.29 is 9.53 Å². The molecule has 0 aliphatic carbocycles. The molecule has 1 aliphatic rings. The zero-order chi connectivity index (χ0) is 13.7. The van der Waals surface area contributed by atoms with Gasteiger partial charge in [-0.2, -0.15) is 0 Å². The van der Waals surface area contributed by atoms with Gasteiger partial charge in [-0.1, -0.05) is 37.3 Å². The van der Waals surface area contributed by atoms with Crippen molar-refractivity contribution in [2.45, 2.75) is 31.8 Å².